The van der Waals surface area contributed by atoms with Gasteiger partial charge in [0.2, 0.25) is 5.43 Å². The molecule has 0 radical (unpaired) electrons. The summed E-state index contributed by atoms with van der Waals surface area (Å²) in [7, 11) is 0. The van der Waals surface area contributed by atoms with Crippen molar-refractivity contribution in [1.29, 1.82) is 0 Å². The summed E-state index contributed by atoms with van der Waals surface area (Å²) in [5.74, 6) is -0.954. The van der Waals surface area contributed by atoms with Crippen molar-refractivity contribution in [3.05, 3.63) is 57.7 Å². The van der Waals surface area contributed by atoms with Gasteiger partial charge in [0.1, 0.15) is 11.2 Å². The van der Waals surface area contributed by atoms with E-state index in [0.29, 0.717) is 27.5 Å². The summed E-state index contributed by atoms with van der Waals surface area (Å²) in [6, 6.07) is 10.4. The van der Waals surface area contributed by atoms with E-state index in [2.05, 4.69) is 0 Å². The third-order valence-electron chi connectivity index (χ3n) is 3.36. The number of aliphatic carboxylic acids is 1. The fourth-order valence-electron chi connectivity index (χ4n) is 2.45. The van der Waals surface area contributed by atoms with Crippen LogP contribution in [0.3, 0.4) is 0 Å². The quantitative estimate of drug-likeness (QED) is 0.726. The van der Waals surface area contributed by atoms with Gasteiger partial charge in [-0.05, 0) is 24.6 Å². The molecule has 4 nitrogen and oxygen atoms in total. The number of carboxylic acid groups (broad SMARTS) is 1. The lowest BCUT2D eigenvalue weighted by atomic mass is 10.0. The molecule has 0 amide bonds. The number of carboxylic acids is 1. The molecule has 20 heavy (non-hydrogen) atoms. The van der Waals surface area contributed by atoms with Crippen LogP contribution in [0.2, 0.25) is 0 Å². The summed E-state index contributed by atoms with van der Waals surface area (Å²) in [6.45, 7) is 1.85. The number of benzene rings is 2. The van der Waals surface area contributed by atoms with E-state index in [0.717, 1.165) is 5.56 Å². The zero-order chi connectivity index (χ0) is 14.3. The van der Waals surface area contributed by atoms with Gasteiger partial charge in [0.25, 0.3) is 0 Å². The fourth-order valence-corrected chi connectivity index (χ4v) is 2.45. The molecule has 0 fully saturated rings. The molecule has 3 aromatic rings. The van der Waals surface area contributed by atoms with Crippen molar-refractivity contribution in [2.75, 3.05) is 0 Å². The number of fused-ring (bicyclic) bond motifs is 2. The largest absolute Gasteiger partial charge is 0.481 e. The standard InChI is InChI=1S/C16H12O4/c1-9-4-2-7-12-14(9)15(19)11-6-3-5-10(8-13(17)18)16(11)20-12/h2-7H,8H2,1H3,(H,17,18). The molecule has 0 saturated carbocycles. The van der Waals surface area contributed by atoms with Gasteiger partial charge in [-0.2, -0.15) is 0 Å². The predicted molar refractivity (Wildman–Crippen MR) is 76.1 cm³/mol. The molecule has 3 rings (SSSR count). The molecule has 0 aliphatic heterocycles. The van der Waals surface area contributed by atoms with Gasteiger partial charge in [-0.25, -0.2) is 0 Å². The van der Waals surface area contributed by atoms with Gasteiger partial charge in [0.15, 0.2) is 0 Å². The predicted octanol–water partition coefficient (Wildman–Crippen LogP) is 2.88. The average Bonchev–Trinajstić information content (AvgIpc) is 2.39. The second kappa shape index (κ2) is 4.49. The minimum Gasteiger partial charge on any atom is -0.481 e. The van der Waals surface area contributed by atoms with Crippen molar-refractivity contribution >= 4 is 27.9 Å². The van der Waals surface area contributed by atoms with Crippen molar-refractivity contribution in [2.45, 2.75) is 13.3 Å². The maximum Gasteiger partial charge on any atom is 0.307 e. The molecular weight excluding hydrogens is 256 g/mol. The Morgan fingerprint density at radius 2 is 1.95 bits per heavy atom. The Hall–Kier alpha value is -2.62. The first-order chi connectivity index (χ1) is 9.58. The van der Waals surface area contributed by atoms with Gasteiger partial charge in [-0.1, -0.05) is 24.3 Å². The highest BCUT2D eigenvalue weighted by Crippen LogP contribution is 2.23. The Morgan fingerprint density at radius 1 is 1.20 bits per heavy atom. The lowest BCUT2D eigenvalue weighted by Crippen LogP contribution is -2.07. The minimum absolute atomic E-state index is 0.119. The van der Waals surface area contributed by atoms with Gasteiger partial charge in [0, 0.05) is 5.56 Å². The molecule has 100 valence electrons. The molecule has 1 aromatic heterocycles. The van der Waals surface area contributed by atoms with Crippen molar-refractivity contribution in [3.63, 3.8) is 0 Å². The summed E-state index contributed by atoms with van der Waals surface area (Å²) in [5, 5.41) is 9.90. The van der Waals surface area contributed by atoms with Crippen LogP contribution in [0.1, 0.15) is 11.1 Å². The molecular formula is C16H12O4. The Balaban J connectivity index is 2.47. The Bertz CT molecular complexity index is 890. The van der Waals surface area contributed by atoms with E-state index in [1.807, 2.05) is 19.1 Å². The Labute approximate surface area is 114 Å². The first-order valence-electron chi connectivity index (χ1n) is 6.24. The molecule has 0 aliphatic rings. The van der Waals surface area contributed by atoms with Gasteiger partial charge < -0.3 is 9.52 Å². The van der Waals surface area contributed by atoms with Gasteiger partial charge in [-0.3, -0.25) is 9.59 Å². The average molecular weight is 268 g/mol. The molecule has 0 bridgehead atoms. The maximum absolute atomic E-state index is 12.5. The normalized spacial score (nSPS) is 11.1. The van der Waals surface area contributed by atoms with Crippen molar-refractivity contribution < 1.29 is 14.3 Å². The third-order valence-corrected chi connectivity index (χ3v) is 3.36. The first kappa shape index (κ1) is 12.4. The summed E-state index contributed by atoms with van der Waals surface area (Å²) < 4.78 is 5.78. The summed E-state index contributed by atoms with van der Waals surface area (Å²) in [5.41, 5.74) is 2.09. The van der Waals surface area contributed by atoms with E-state index in [1.54, 1.807) is 24.3 Å². The molecule has 0 saturated heterocycles. The van der Waals surface area contributed by atoms with Crippen molar-refractivity contribution in [1.82, 2.24) is 0 Å². The summed E-state index contributed by atoms with van der Waals surface area (Å²) in [6.07, 6.45) is -0.169. The number of rotatable bonds is 2. The van der Waals surface area contributed by atoms with Gasteiger partial charge in [0.05, 0.1) is 17.2 Å². The summed E-state index contributed by atoms with van der Waals surface area (Å²) in [4.78, 5) is 23.4. The lowest BCUT2D eigenvalue weighted by molar-refractivity contribution is -0.136. The molecule has 0 unspecified atom stereocenters. The van der Waals surface area contributed by atoms with Crippen LogP contribution in [-0.4, -0.2) is 11.1 Å². The lowest BCUT2D eigenvalue weighted by Gasteiger charge is -2.06. The second-order valence-electron chi connectivity index (χ2n) is 4.74. The fraction of sp³-hybridized carbons (Fsp3) is 0.125. The molecule has 4 heteroatoms. The number of para-hydroxylation sites is 1. The first-order valence-corrected chi connectivity index (χ1v) is 6.24. The third kappa shape index (κ3) is 1.86. The highest BCUT2D eigenvalue weighted by Gasteiger charge is 2.13. The molecule has 2 aromatic carbocycles. The maximum atomic E-state index is 12.5. The van der Waals surface area contributed by atoms with E-state index in [4.69, 9.17) is 9.52 Å². The van der Waals surface area contributed by atoms with Gasteiger partial charge >= 0.3 is 5.97 Å². The minimum atomic E-state index is -0.954. The van der Waals surface area contributed by atoms with Crippen LogP contribution in [0.5, 0.6) is 0 Å². The number of aryl methyl sites for hydroxylation is 1. The Morgan fingerprint density at radius 3 is 2.70 bits per heavy atom. The van der Waals surface area contributed by atoms with Crippen molar-refractivity contribution in [2.24, 2.45) is 0 Å². The number of hydrogen-bond acceptors (Lipinski definition) is 3. The van der Waals surface area contributed by atoms with E-state index in [1.165, 1.54) is 0 Å². The second-order valence-corrected chi connectivity index (χ2v) is 4.74. The SMILES string of the molecule is Cc1cccc2oc3c(CC(=O)O)cccc3c(=O)c12. The zero-order valence-electron chi connectivity index (χ0n) is 10.8. The van der Waals surface area contributed by atoms with Crippen LogP contribution in [0.4, 0.5) is 0 Å². The molecule has 0 atom stereocenters. The van der Waals surface area contributed by atoms with Crippen molar-refractivity contribution in [3.8, 4) is 0 Å². The highest BCUT2D eigenvalue weighted by molar-refractivity contribution is 5.93. The molecule has 0 spiro atoms. The summed E-state index contributed by atoms with van der Waals surface area (Å²) >= 11 is 0. The molecule has 0 aliphatic carbocycles. The van der Waals surface area contributed by atoms with Crippen LogP contribution in [0, 0.1) is 6.92 Å². The topological polar surface area (TPSA) is 67.5 Å². The van der Waals surface area contributed by atoms with Gasteiger partial charge in [-0.15, -0.1) is 0 Å². The molecule has 1 N–H and O–H groups in total. The zero-order valence-corrected chi connectivity index (χ0v) is 10.8. The number of hydrogen-bond donors (Lipinski definition) is 1. The molecule has 1 heterocycles. The van der Waals surface area contributed by atoms with Crippen LogP contribution in [0.25, 0.3) is 21.9 Å². The Kier molecular flexibility index (Phi) is 2.79. The van der Waals surface area contributed by atoms with Crippen LogP contribution in [0.15, 0.2) is 45.6 Å². The smallest absolute Gasteiger partial charge is 0.307 e. The van der Waals surface area contributed by atoms with E-state index < -0.39 is 5.97 Å². The van der Waals surface area contributed by atoms with Crippen LogP contribution < -0.4 is 5.43 Å². The highest BCUT2D eigenvalue weighted by atomic mass is 16.4. The van der Waals surface area contributed by atoms with Crippen LogP contribution in [-0.2, 0) is 11.2 Å². The van der Waals surface area contributed by atoms with E-state index >= 15 is 0 Å². The van der Waals surface area contributed by atoms with Crippen LogP contribution >= 0.6 is 0 Å². The monoisotopic (exact) mass is 268 g/mol. The van der Waals surface area contributed by atoms with E-state index in [9.17, 15) is 9.59 Å². The van der Waals surface area contributed by atoms with E-state index in [-0.39, 0.29) is 11.8 Å². The number of carbonyl (C=O) groups is 1.